The molecule has 2 rings (SSSR count). The fraction of sp³-hybridized carbons (Fsp3) is 1.00. The molecule has 0 aromatic carbocycles. The number of likely N-dealkylation sites (tertiary alicyclic amines) is 1. The number of hydrogen-bond acceptors (Lipinski definition) is 4. The van der Waals surface area contributed by atoms with Crippen molar-refractivity contribution in [2.75, 3.05) is 38.6 Å². The molecule has 2 aliphatic rings. The molecule has 136 valence electrons. The third-order valence-electron chi connectivity index (χ3n) is 5.47. The maximum absolute atomic E-state index is 12.4. The van der Waals surface area contributed by atoms with Crippen molar-refractivity contribution in [3.05, 3.63) is 0 Å². The lowest BCUT2D eigenvalue weighted by Crippen LogP contribution is -2.55. The highest BCUT2D eigenvalue weighted by molar-refractivity contribution is 7.89. The standard InChI is InChI=1S/C17H34N2O3S/c1-4-15-6-5-9-19(12-15)17(2,3)14-18-23(20,21)13-16-7-10-22-11-8-16/h15-16,18H,4-14H2,1-3H3. The quantitative estimate of drug-likeness (QED) is 0.768. The van der Waals surface area contributed by atoms with Crippen LogP contribution in [-0.4, -0.2) is 57.5 Å². The minimum Gasteiger partial charge on any atom is -0.381 e. The number of piperidine rings is 1. The van der Waals surface area contributed by atoms with E-state index in [0.717, 1.165) is 31.8 Å². The zero-order valence-corrected chi connectivity index (χ0v) is 15.8. The Labute approximate surface area is 142 Å². The van der Waals surface area contributed by atoms with Crippen LogP contribution in [0.3, 0.4) is 0 Å². The summed E-state index contributed by atoms with van der Waals surface area (Å²) in [7, 11) is -3.20. The number of sulfonamides is 1. The first-order valence-electron chi connectivity index (χ1n) is 9.12. The number of rotatable bonds is 7. The Balaban J connectivity index is 1.84. The van der Waals surface area contributed by atoms with E-state index in [2.05, 4.69) is 30.4 Å². The SMILES string of the molecule is CCC1CCCN(C(C)(C)CNS(=O)(=O)CC2CCOCC2)C1. The van der Waals surface area contributed by atoms with Crippen LogP contribution in [0.4, 0.5) is 0 Å². The van der Waals surface area contributed by atoms with Crippen LogP contribution < -0.4 is 4.72 Å². The highest BCUT2D eigenvalue weighted by atomic mass is 32.2. The van der Waals surface area contributed by atoms with Gasteiger partial charge in [0, 0.05) is 31.8 Å². The molecule has 1 N–H and O–H groups in total. The van der Waals surface area contributed by atoms with Gasteiger partial charge in [-0.2, -0.15) is 0 Å². The normalized spacial score (nSPS) is 25.6. The molecule has 2 heterocycles. The lowest BCUT2D eigenvalue weighted by molar-refractivity contribution is 0.0678. The van der Waals surface area contributed by atoms with Crippen LogP contribution in [0.25, 0.3) is 0 Å². The molecule has 2 saturated heterocycles. The molecule has 0 aliphatic carbocycles. The summed E-state index contributed by atoms with van der Waals surface area (Å²) < 4.78 is 32.9. The van der Waals surface area contributed by atoms with Gasteiger partial charge in [0.2, 0.25) is 10.0 Å². The predicted molar refractivity (Wildman–Crippen MR) is 94.0 cm³/mol. The van der Waals surface area contributed by atoms with E-state index in [9.17, 15) is 8.42 Å². The van der Waals surface area contributed by atoms with E-state index in [-0.39, 0.29) is 17.2 Å². The fourth-order valence-electron chi connectivity index (χ4n) is 3.63. The van der Waals surface area contributed by atoms with E-state index in [4.69, 9.17) is 4.74 Å². The molecule has 23 heavy (non-hydrogen) atoms. The molecule has 2 fully saturated rings. The monoisotopic (exact) mass is 346 g/mol. The zero-order valence-electron chi connectivity index (χ0n) is 15.0. The molecule has 5 nitrogen and oxygen atoms in total. The molecular weight excluding hydrogens is 312 g/mol. The fourth-order valence-corrected chi connectivity index (χ4v) is 5.27. The highest BCUT2D eigenvalue weighted by Gasteiger charge is 2.32. The summed E-state index contributed by atoms with van der Waals surface area (Å²) in [4.78, 5) is 2.46. The summed E-state index contributed by atoms with van der Waals surface area (Å²) in [6, 6.07) is 0. The van der Waals surface area contributed by atoms with Crippen molar-refractivity contribution in [3.8, 4) is 0 Å². The maximum atomic E-state index is 12.4. The lowest BCUT2D eigenvalue weighted by Gasteiger charge is -2.43. The Morgan fingerprint density at radius 1 is 1.17 bits per heavy atom. The molecule has 0 saturated carbocycles. The van der Waals surface area contributed by atoms with Gasteiger partial charge in [0.15, 0.2) is 0 Å². The summed E-state index contributed by atoms with van der Waals surface area (Å²) in [5.41, 5.74) is -0.128. The zero-order chi connectivity index (χ0) is 16.9. The van der Waals surface area contributed by atoms with E-state index < -0.39 is 10.0 Å². The Hall–Kier alpha value is -0.170. The molecule has 1 unspecified atom stereocenters. The van der Waals surface area contributed by atoms with Crippen LogP contribution in [0.2, 0.25) is 0 Å². The average molecular weight is 347 g/mol. The molecule has 1 atom stereocenters. The van der Waals surface area contributed by atoms with E-state index in [0.29, 0.717) is 19.8 Å². The summed E-state index contributed by atoms with van der Waals surface area (Å²) >= 11 is 0. The van der Waals surface area contributed by atoms with Gasteiger partial charge in [-0.05, 0) is 57.9 Å². The van der Waals surface area contributed by atoms with E-state index in [1.807, 2.05) is 0 Å². The van der Waals surface area contributed by atoms with E-state index in [1.165, 1.54) is 19.3 Å². The van der Waals surface area contributed by atoms with E-state index >= 15 is 0 Å². The van der Waals surface area contributed by atoms with Gasteiger partial charge in [0.05, 0.1) is 5.75 Å². The topological polar surface area (TPSA) is 58.6 Å². The second-order valence-electron chi connectivity index (χ2n) is 7.83. The van der Waals surface area contributed by atoms with Gasteiger partial charge in [-0.15, -0.1) is 0 Å². The Morgan fingerprint density at radius 3 is 2.52 bits per heavy atom. The van der Waals surface area contributed by atoms with Crippen molar-refractivity contribution in [2.45, 2.75) is 58.4 Å². The van der Waals surface area contributed by atoms with Gasteiger partial charge in [-0.3, -0.25) is 4.90 Å². The molecule has 0 spiro atoms. The first-order valence-corrected chi connectivity index (χ1v) is 10.8. The first kappa shape index (κ1) is 19.2. The molecule has 2 aliphatic heterocycles. The Kier molecular flexibility index (Phi) is 6.89. The number of ether oxygens (including phenoxy) is 1. The van der Waals surface area contributed by atoms with Crippen molar-refractivity contribution in [1.29, 1.82) is 0 Å². The van der Waals surface area contributed by atoms with Crippen molar-refractivity contribution in [2.24, 2.45) is 11.8 Å². The van der Waals surface area contributed by atoms with Crippen LogP contribution in [-0.2, 0) is 14.8 Å². The van der Waals surface area contributed by atoms with Gasteiger partial charge in [-0.25, -0.2) is 13.1 Å². The van der Waals surface area contributed by atoms with Crippen LogP contribution in [0.15, 0.2) is 0 Å². The van der Waals surface area contributed by atoms with Gasteiger partial charge in [0.25, 0.3) is 0 Å². The Bertz CT molecular complexity index is 458. The van der Waals surface area contributed by atoms with Crippen molar-refractivity contribution >= 4 is 10.0 Å². The third kappa shape index (κ3) is 6.00. The smallest absolute Gasteiger partial charge is 0.211 e. The van der Waals surface area contributed by atoms with Crippen LogP contribution in [0.5, 0.6) is 0 Å². The van der Waals surface area contributed by atoms with Gasteiger partial charge >= 0.3 is 0 Å². The minimum atomic E-state index is -3.20. The van der Waals surface area contributed by atoms with Crippen molar-refractivity contribution in [3.63, 3.8) is 0 Å². The van der Waals surface area contributed by atoms with Gasteiger partial charge in [0.1, 0.15) is 0 Å². The predicted octanol–water partition coefficient (Wildman–Crippen LogP) is 2.23. The summed E-state index contributed by atoms with van der Waals surface area (Å²) in [5.74, 6) is 1.23. The first-order chi connectivity index (χ1) is 10.8. The molecule has 0 aromatic heterocycles. The summed E-state index contributed by atoms with van der Waals surface area (Å²) in [6.45, 7) is 10.6. The molecule has 0 bridgehead atoms. The van der Waals surface area contributed by atoms with Crippen molar-refractivity contribution in [1.82, 2.24) is 9.62 Å². The van der Waals surface area contributed by atoms with Crippen LogP contribution >= 0.6 is 0 Å². The maximum Gasteiger partial charge on any atom is 0.211 e. The second-order valence-corrected chi connectivity index (χ2v) is 9.68. The summed E-state index contributed by atoms with van der Waals surface area (Å²) in [6.07, 6.45) is 5.45. The average Bonchev–Trinajstić information content (AvgIpc) is 2.54. The lowest BCUT2D eigenvalue weighted by atomic mass is 9.91. The van der Waals surface area contributed by atoms with Gasteiger partial charge < -0.3 is 4.74 Å². The van der Waals surface area contributed by atoms with Crippen molar-refractivity contribution < 1.29 is 13.2 Å². The number of nitrogens with zero attached hydrogens (tertiary/aromatic N) is 1. The summed E-state index contributed by atoms with van der Waals surface area (Å²) in [5, 5.41) is 0. The number of hydrogen-bond donors (Lipinski definition) is 1. The third-order valence-corrected chi connectivity index (χ3v) is 6.97. The second kappa shape index (κ2) is 8.28. The minimum absolute atomic E-state index is 0.128. The Morgan fingerprint density at radius 2 is 1.87 bits per heavy atom. The van der Waals surface area contributed by atoms with E-state index in [1.54, 1.807) is 0 Å². The molecular formula is C17H34N2O3S. The highest BCUT2D eigenvalue weighted by Crippen LogP contribution is 2.25. The van der Waals surface area contributed by atoms with Crippen LogP contribution in [0.1, 0.15) is 52.9 Å². The number of nitrogens with one attached hydrogen (secondary N) is 1. The molecule has 0 radical (unpaired) electrons. The molecule has 6 heteroatoms. The molecule has 0 aromatic rings. The van der Waals surface area contributed by atoms with Gasteiger partial charge in [-0.1, -0.05) is 13.3 Å². The van der Waals surface area contributed by atoms with Crippen LogP contribution in [0, 0.1) is 11.8 Å². The molecule has 0 amide bonds. The largest absolute Gasteiger partial charge is 0.381 e.